The predicted octanol–water partition coefficient (Wildman–Crippen LogP) is 5.20. The van der Waals surface area contributed by atoms with Gasteiger partial charge in [-0.25, -0.2) is 9.59 Å². The van der Waals surface area contributed by atoms with E-state index < -0.39 is 34.4 Å². The van der Waals surface area contributed by atoms with E-state index in [2.05, 4.69) is 10.6 Å². The van der Waals surface area contributed by atoms with Crippen LogP contribution in [0.2, 0.25) is 0 Å². The third-order valence-corrected chi connectivity index (χ3v) is 7.30. The van der Waals surface area contributed by atoms with Crippen LogP contribution in [0.5, 0.6) is 0 Å². The summed E-state index contributed by atoms with van der Waals surface area (Å²) < 4.78 is 4.45. The van der Waals surface area contributed by atoms with Crippen LogP contribution >= 0.6 is 11.8 Å². The van der Waals surface area contributed by atoms with Crippen molar-refractivity contribution >= 4 is 29.7 Å². The van der Waals surface area contributed by atoms with Crippen molar-refractivity contribution in [2.75, 3.05) is 12.3 Å². The normalized spacial score (nSPS) is 12.3. The molecule has 0 fully saturated rings. The Bertz CT molecular complexity index is 1100. The first-order valence-electron chi connectivity index (χ1n) is 12.4. The molecular weight excluding hydrogens is 500 g/mol. The van der Waals surface area contributed by atoms with E-state index in [1.165, 1.54) is 11.8 Å². The van der Waals surface area contributed by atoms with Crippen LogP contribution in [0.1, 0.15) is 43.9 Å². The number of carboxylic acid groups (broad SMARTS) is 1. The molecule has 3 rings (SSSR count). The summed E-state index contributed by atoms with van der Waals surface area (Å²) in [5, 5.41) is 15.1. The molecule has 200 valence electrons. The summed E-state index contributed by atoms with van der Waals surface area (Å²) in [5.41, 5.74) is 2.35. The largest absolute Gasteiger partial charge is 0.480 e. The molecule has 0 aromatic heterocycles. The molecule has 0 heterocycles. The van der Waals surface area contributed by atoms with Crippen LogP contribution in [0.4, 0.5) is 4.79 Å². The third kappa shape index (κ3) is 7.86. The monoisotopic (exact) mass is 534 g/mol. The lowest BCUT2D eigenvalue weighted by molar-refractivity contribution is -0.141. The summed E-state index contributed by atoms with van der Waals surface area (Å²) in [6.45, 7) is 5.26. The van der Waals surface area contributed by atoms with Gasteiger partial charge in [-0.3, -0.25) is 4.79 Å². The molecule has 0 aliphatic heterocycles. The fourth-order valence-electron chi connectivity index (χ4n) is 4.01. The Balaban J connectivity index is 1.81. The van der Waals surface area contributed by atoms with Gasteiger partial charge >= 0.3 is 12.1 Å². The zero-order valence-corrected chi connectivity index (χ0v) is 22.7. The number of carbonyl (C=O) groups excluding carboxylic acids is 2. The molecule has 3 aromatic rings. The first-order valence-corrected chi connectivity index (χ1v) is 13.4. The molecule has 7 nitrogen and oxygen atoms in total. The highest BCUT2D eigenvalue weighted by molar-refractivity contribution is 8.00. The minimum absolute atomic E-state index is 0.0300. The molecule has 0 unspecified atom stereocenters. The van der Waals surface area contributed by atoms with Crippen molar-refractivity contribution in [3.63, 3.8) is 0 Å². The van der Waals surface area contributed by atoms with Gasteiger partial charge in [0.25, 0.3) is 0 Å². The molecule has 0 bridgehead atoms. The predicted molar refractivity (Wildman–Crippen MR) is 150 cm³/mol. The van der Waals surface area contributed by atoms with Crippen LogP contribution < -0.4 is 10.6 Å². The SMILES string of the molecule is CC(C)(C)OC(=O)NCCC(=O)N[C@@H](CSC(c1ccccc1)(c1ccccc1)c1ccccc1)C(=O)O. The molecule has 38 heavy (non-hydrogen) atoms. The molecule has 8 heteroatoms. The Hall–Kier alpha value is -3.78. The quantitative estimate of drug-likeness (QED) is 0.292. The van der Waals surface area contributed by atoms with E-state index in [9.17, 15) is 19.5 Å². The maximum atomic E-state index is 12.6. The molecule has 0 saturated heterocycles. The van der Waals surface area contributed by atoms with Gasteiger partial charge < -0.3 is 20.5 Å². The number of hydrogen-bond donors (Lipinski definition) is 3. The Kier molecular flexibility index (Phi) is 9.96. The van der Waals surface area contributed by atoms with Gasteiger partial charge in [0, 0.05) is 18.7 Å². The maximum absolute atomic E-state index is 12.6. The molecule has 0 aliphatic carbocycles. The van der Waals surface area contributed by atoms with E-state index >= 15 is 0 Å². The first kappa shape index (κ1) is 28.8. The standard InChI is InChI=1S/C30H34N2O5S/c1-29(2,3)37-28(36)31-20-19-26(33)32-25(27(34)35)21-38-30(22-13-7-4-8-14-22,23-15-9-5-10-16-23)24-17-11-6-12-18-24/h4-18,25H,19-21H2,1-3H3,(H,31,36)(H,32,33)(H,34,35)/t25-/m0/s1. The summed E-state index contributed by atoms with van der Waals surface area (Å²) in [4.78, 5) is 36.6. The molecule has 3 N–H and O–H groups in total. The lowest BCUT2D eigenvalue weighted by Gasteiger charge is -2.36. The lowest BCUT2D eigenvalue weighted by atomic mass is 9.84. The summed E-state index contributed by atoms with van der Waals surface area (Å²) in [5.74, 6) is -1.49. The number of ether oxygens (including phenoxy) is 1. The summed E-state index contributed by atoms with van der Waals surface area (Å²) in [7, 11) is 0. The molecule has 0 saturated carbocycles. The number of carbonyl (C=O) groups is 3. The van der Waals surface area contributed by atoms with E-state index in [4.69, 9.17) is 4.74 Å². The van der Waals surface area contributed by atoms with Crippen LogP contribution in [0.25, 0.3) is 0 Å². The zero-order valence-electron chi connectivity index (χ0n) is 21.8. The Morgan fingerprint density at radius 3 is 1.66 bits per heavy atom. The van der Waals surface area contributed by atoms with Crippen molar-refractivity contribution in [2.24, 2.45) is 0 Å². The average molecular weight is 535 g/mol. The number of thioether (sulfide) groups is 1. The molecule has 0 aliphatic rings. The average Bonchev–Trinajstić information content (AvgIpc) is 2.89. The second-order valence-electron chi connectivity index (χ2n) is 9.73. The van der Waals surface area contributed by atoms with E-state index in [1.54, 1.807) is 20.8 Å². The number of hydrogen-bond acceptors (Lipinski definition) is 5. The van der Waals surface area contributed by atoms with Crippen LogP contribution in [-0.4, -0.2) is 47.0 Å². The minimum Gasteiger partial charge on any atom is -0.480 e. The van der Waals surface area contributed by atoms with Crippen molar-refractivity contribution in [2.45, 2.75) is 43.6 Å². The summed E-state index contributed by atoms with van der Waals surface area (Å²) >= 11 is 1.46. The Morgan fingerprint density at radius 2 is 1.26 bits per heavy atom. The fraction of sp³-hybridized carbons (Fsp3) is 0.300. The van der Waals surface area contributed by atoms with Crippen molar-refractivity contribution in [1.29, 1.82) is 0 Å². The van der Waals surface area contributed by atoms with Gasteiger partial charge in [0.1, 0.15) is 11.6 Å². The number of rotatable bonds is 11. The van der Waals surface area contributed by atoms with E-state index in [-0.39, 0.29) is 18.7 Å². The number of carboxylic acids is 1. The van der Waals surface area contributed by atoms with E-state index in [1.807, 2.05) is 91.0 Å². The smallest absolute Gasteiger partial charge is 0.407 e. The Labute approximate surface area is 228 Å². The number of alkyl carbamates (subject to hydrolysis) is 1. The third-order valence-electron chi connectivity index (χ3n) is 5.66. The highest BCUT2D eigenvalue weighted by atomic mass is 32.2. The van der Waals surface area contributed by atoms with E-state index in [0.29, 0.717) is 0 Å². The fourth-order valence-corrected chi connectivity index (χ4v) is 5.56. The number of aliphatic carboxylic acids is 1. The molecule has 0 spiro atoms. The van der Waals surface area contributed by atoms with Gasteiger partial charge in [-0.15, -0.1) is 11.8 Å². The van der Waals surface area contributed by atoms with Gasteiger partial charge in [-0.05, 0) is 37.5 Å². The van der Waals surface area contributed by atoms with Crippen molar-refractivity contribution < 1.29 is 24.2 Å². The Morgan fingerprint density at radius 1 is 0.816 bits per heavy atom. The maximum Gasteiger partial charge on any atom is 0.407 e. The number of benzene rings is 3. The highest BCUT2D eigenvalue weighted by Gasteiger charge is 2.38. The molecule has 1 atom stereocenters. The number of nitrogens with one attached hydrogen (secondary N) is 2. The minimum atomic E-state index is -1.13. The molecule has 0 radical (unpaired) electrons. The van der Waals surface area contributed by atoms with Crippen molar-refractivity contribution in [1.82, 2.24) is 10.6 Å². The first-order chi connectivity index (χ1) is 18.1. The summed E-state index contributed by atoms with van der Waals surface area (Å²) in [6.07, 6.45) is -0.705. The molecule has 2 amide bonds. The van der Waals surface area contributed by atoms with Crippen molar-refractivity contribution in [3.8, 4) is 0 Å². The van der Waals surface area contributed by atoms with Crippen LogP contribution in [0.15, 0.2) is 91.0 Å². The topological polar surface area (TPSA) is 105 Å². The van der Waals surface area contributed by atoms with Crippen LogP contribution in [0, 0.1) is 0 Å². The van der Waals surface area contributed by atoms with Crippen LogP contribution in [0.3, 0.4) is 0 Å². The van der Waals surface area contributed by atoms with Gasteiger partial charge in [0.2, 0.25) is 5.91 Å². The second-order valence-corrected chi connectivity index (χ2v) is 11.0. The van der Waals surface area contributed by atoms with Gasteiger partial charge in [-0.1, -0.05) is 91.0 Å². The van der Waals surface area contributed by atoms with Gasteiger partial charge in [0.15, 0.2) is 0 Å². The van der Waals surface area contributed by atoms with Gasteiger partial charge in [-0.2, -0.15) is 0 Å². The van der Waals surface area contributed by atoms with Crippen molar-refractivity contribution in [3.05, 3.63) is 108 Å². The molecular formula is C30H34N2O5S. The zero-order chi connectivity index (χ0) is 27.6. The van der Waals surface area contributed by atoms with E-state index in [0.717, 1.165) is 16.7 Å². The van der Waals surface area contributed by atoms with Gasteiger partial charge in [0.05, 0.1) is 4.75 Å². The highest BCUT2D eigenvalue weighted by Crippen LogP contribution is 2.48. The number of amides is 2. The van der Waals surface area contributed by atoms with Crippen LogP contribution in [-0.2, 0) is 19.1 Å². The lowest BCUT2D eigenvalue weighted by Crippen LogP contribution is -2.44. The second kappa shape index (κ2) is 13.1. The summed E-state index contributed by atoms with van der Waals surface area (Å²) in [6, 6.07) is 28.7. The molecule has 3 aromatic carbocycles.